The predicted octanol–water partition coefficient (Wildman–Crippen LogP) is 3.16. The zero-order valence-corrected chi connectivity index (χ0v) is 11.3. The van der Waals surface area contributed by atoms with Gasteiger partial charge in [0.15, 0.2) is 0 Å². The van der Waals surface area contributed by atoms with E-state index in [1.54, 1.807) is 30.3 Å². The number of nitrogens with zero attached hydrogens (tertiary/aromatic N) is 2. The van der Waals surface area contributed by atoms with Gasteiger partial charge in [-0.2, -0.15) is 4.98 Å². The summed E-state index contributed by atoms with van der Waals surface area (Å²) >= 11 is 5.82. The van der Waals surface area contributed by atoms with E-state index in [9.17, 15) is 0 Å². The van der Waals surface area contributed by atoms with E-state index in [0.717, 1.165) is 12.8 Å². The summed E-state index contributed by atoms with van der Waals surface area (Å²) in [6.45, 7) is 2.06. The third-order valence-electron chi connectivity index (χ3n) is 2.41. The Balaban J connectivity index is 2.23. The van der Waals surface area contributed by atoms with Gasteiger partial charge in [0, 0.05) is 17.5 Å². The fourth-order valence-electron chi connectivity index (χ4n) is 1.56. The predicted molar refractivity (Wildman–Crippen MR) is 75.4 cm³/mol. The van der Waals surface area contributed by atoms with E-state index in [2.05, 4.69) is 22.3 Å². The lowest BCUT2D eigenvalue weighted by Gasteiger charge is -2.08. The SMILES string of the molecule is CCCc1nc(NN)cc(Oc2ccc(Cl)cc2)n1. The van der Waals surface area contributed by atoms with E-state index in [4.69, 9.17) is 22.2 Å². The Labute approximate surface area is 116 Å². The molecule has 1 heterocycles. The third-order valence-corrected chi connectivity index (χ3v) is 2.66. The molecule has 6 heteroatoms. The van der Waals surface area contributed by atoms with Crippen molar-refractivity contribution in [3.05, 3.63) is 41.2 Å². The molecule has 2 rings (SSSR count). The van der Waals surface area contributed by atoms with Crippen LogP contribution in [0.1, 0.15) is 19.2 Å². The lowest BCUT2D eigenvalue weighted by Crippen LogP contribution is -2.10. The van der Waals surface area contributed by atoms with Crippen LogP contribution < -0.4 is 16.0 Å². The third kappa shape index (κ3) is 3.81. The van der Waals surface area contributed by atoms with Crippen LogP contribution in [-0.2, 0) is 6.42 Å². The number of nitrogens with one attached hydrogen (secondary N) is 1. The molecule has 100 valence electrons. The molecule has 0 aliphatic carbocycles. The van der Waals surface area contributed by atoms with Crippen LogP contribution in [0.2, 0.25) is 5.02 Å². The minimum atomic E-state index is 0.453. The number of hydrogen-bond donors (Lipinski definition) is 2. The van der Waals surface area contributed by atoms with Crippen molar-refractivity contribution in [3.8, 4) is 11.6 Å². The van der Waals surface area contributed by atoms with Crippen LogP contribution in [0.4, 0.5) is 5.82 Å². The summed E-state index contributed by atoms with van der Waals surface area (Å²) in [5.74, 6) is 7.72. The molecule has 0 saturated carbocycles. The van der Waals surface area contributed by atoms with Gasteiger partial charge in [-0.05, 0) is 30.7 Å². The average Bonchev–Trinajstić information content (AvgIpc) is 2.41. The minimum absolute atomic E-state index is 0.453. The molecule has 3 N–H and O–H groups in total. The standard InChI is InChI=1S/C13H15ClN4O/c1-2-3-11-16-12(18-15)8-13(17-11)19-10-6-4-9(14)5-7-10/h4-8H,2-3,15H2,1H3,(H,16,17,18). The average molecular weight is 279 g/mol. The lowest BCUT2D eigenvalue weighted by atomic mass is 10.3. The van der Waals surface area contributed by atoms with E-state index in [1.807, 2.05) is 0 Å². The van der Waals surface area contributed by atoms with Gasteiger partial charge in [-0.3, -0.25) is 0 Å². The molecule has 0 fully saturated rings. The molecule has 19 heavy (non-hydrogen) atoms. The number of nitrogen functional groups attached to an aromatic ring is 1. The Kier molecular flexibility index (Phi) is 4.54. The molecule has 0 radical (unpaired) electrons. The Morgan fingerprint density at radius 3 is 2.63 bits per heavy atom. The number of rotatable bonds is 5. The van der Waals surface area contributed by atoms with Crippen molar-refractivity contribution in [2.24, 2.45) is 5.84 Å². The molecule has 0 spiro atoms. The van der Waals surface area contributed by atoms with Gasteiger partial charge >= 0.3 is 0 Å². The van der Waals surface area contributed by atoms with Crippen LogP contribution in [-0.4, -0.2) is 9.97 Å². The first-order chi connectivity index (χ1) is 9.21. The second-order valence-electron chi connectivity index (χ2n) is 3.96. The van der Waals surface area contributed by atoms with Crippen molar-refractivity contribution < 1.29 is 4.74 Å². The van der Waals surface area contributed by atoms with Crippen molar-refractivity contribution in [1.29, 1.82) is 0 Å². The number of halogens is 1. The van der Waals surface area contributed by atoms with Gasteiger partial charge in [0.2, 0.25) is 5.88 Å². The number of nitrogens with two attached hydrogens (primary N) is 1. The Morgan fingerprint density at radius 2 is 2.00 bits per heavy atom. The Bertz CT molecular complexity index is 545. The number of aromatic nitrogens is 2. The van der Waals surface area contributed by atoms with Crippen LogP contribution in [0.15, 0.2) is 30.3 Å². The van der Waals surface area contributed by atoms with Gasteiger partial charge in [-0.15, -0.1) is 0 Å². The largest absolute Gasteiger partial charge is 0.439 e. The Hall–Kier alpha value is -1.85. The summed E-state index contributed by atoms with van der Waals surface area (Å²) in [5, 5.41) is 0.658. The summed E-state index contributed by atoms with van der Waals surface area (Å²) in [7, 11) is 0. The number of hydrogen-bond acceptors (Lipinski definition) is 5. The molecule has 0 amide bonds. The van der Waals surface area contributed by atoms with Crippen molar-refractivity contribution in [3.63, 3.8) is 0 Å². The quantitative estimate of drug-likeness (QED) is 0.649. The van der Waals surface area contributed by atoms with Crippen LogP contribution >= 0.6 is 11.6 Å². The van der Waals surface area contributed by atoms with Gasteiger partial charge in [0.05, 0.1) is 0 Å². The first-order valence-electron chi connectivity index (χ1n) is 5.99. The number of hydrazine groups is 1. The highest BCUT2D eigenvalue weighted by Gasteiger charge is 2.05. The van der Waals surface area contributed by atoms with E-state index < -0.39 is 0 Å². The lowest BCUT2D eigenvalue weighted by molar-refractivity contribution is 0.458. The van der Waals surface area contributed by atoms with Crippen molar-refractivity contribution in [2.75, 3.05) is 5.43 Å². The molecule has 0 bridgehead atoms. The van der Waals surface area contributed by atoms with Crippen LogP contribution in [0.25, 0.3) is 0 Å². The summed E-state index contributed by atoms with van der Waals surface area (Å²) in [6, 6.07) is 8.72. The first-order valence-corrected chi connectivity index (χ1v) is 6.37. The fraction of sp³-hybridized carbons (Fsp3) is 0.231. The van der Waals surface area contributed by atoms with E-state index in [1.165, 1.54) is 0 Å². The van der Waals surface area contributed by atoms with Crippen molar-refractivity contribution >= 4 is 17.4 Å². The maximum Gasteiger partial charge on any atom is 0.224 e. The van der Waals surface area contributed by atoms with Gasteiger partial charge in [-0.1, -0.05) is 18.5 Å². The highest BCUT2D eigenvalue weighted by molar-refractivity contribution is 6.30. The molecule has 0 aliphatic rings. The molecule has 5 nitrogen and oxygen atoms in total. The number of benzene rings is 1. The van der Waals surface area contributed by atoms with Crippen LogP contribution in [0.3, 0.4) is 0 Å². The second kappa shape index (κ2) is 6.36. The topological polar surface area (TPSA) is 73.1 Å². The van der Waals surface area contributed by atoms with E-state index >= 15 is 0 Å². The maximum absolute atomic E-state index is 5.82. The highest BCUT2D eigenvalue weighted by Crippen LogP contribution is 2.23. The van der Waals surface area contributed by atoms with Crippen molar-refractivity contribution in [1.82, 2.24) is 9.97 Å². The monoisotopic (exact) mass is 278 g/mol. The first kappa shape index (κ1) is 13.6. The second-order valence-corrected chi connectivity index (χ2v) is 4.39. The van der Waals surface area contributed by atoms with Crippen LogP contribution in [0, 0.1) is 0 Å². The zero-order valence-electron chi connectivity index (χ0n) is 10.6. The summed E-state index contributed by atoms with van der Waals surface area (Å²) in [6.07, 6.45) is 1.72. The molecule has 0 saturated heterocycles. The molecular formula is C13H15ClN4O. The maximum atomic E-state index is 5.82. The van der Waals surface area contributed by atoms with E-state index in [-0.39, 0.29) is 0 Å². The molecule has 0 aliphatic heterocycles. The molecule has 0 unspecified atom stereocenters. The number of aryl methyl sites for hydroxylation is 1. The minimum Gasteiger partial charge on any atom is -0.439 e. The molecule has 1 aromatic carbocycles. The van der Waals surface area contributed by atoms with Gasteiger partial charge < -0.3 is 10.2 Å². The smallest absolute Gasteiger partial charge is 0.224 e. The summed E-state index contributed by atoms with van der Waals surface area (Å²) < 4.78 is 5.66. The van der Waals surface area contributed by atoms with E-state index in [0.29, 0.717) is 28.3 Å². The van der Waals surface area contributed by atoms with Crippen molar-refractivity contribution in [2.45, 2.75) is 19.8 Å². The normalized spacial score (nSPS) is 10.3. The molecular weight excluding hydrogens is 264 g/mol. The summed E-state index contributed by atoms with van der Waals surface area (Å²) in [4.78, 5) is 8.58. The summed E-state index contributed by atoms with van der Waals surface area (Å²) in [5.41, 5.74) is 2.51. The zero-order chi connectivity index (χ0) is 13.7. The van der Waals surface area contributed by atoms with Gasteiger partial charge in [0.25, 0.3) is 0 Å². The van der Waals surface area contributed by atoms with Crippen LogP contribution in [0.5, 0.6) is 11.6 Å². The number of anilines is 1. The Morgan fingerprint density at radius 1 is 1.26 bits per heavy atom. The highest BCUT2D eigenvalue weighted by atomic mass is 35.5. The number of ether oxygens (including phenoxy) is 1. The molecule has 2 aromatic rings. The molecule has 0 atom stereocenters. The fourth-order valence-corrected chi connectivity index (χ4v) is 1.68. The van der Waals surface area contributed by atoms with Gasteiger partial charge in [-0.25, -0.2) is 10.8 Å². The molecule has 1 aromatic heterocycles. The van der Waals surface area contributed by atoms with Gasteiger partial charge in [0.1, 0.15) is 17.4 Å².